The van der Waals surface area contributed by atoms with E-state index in [1.165, 1.54) is 32.1 Å². The van der Waals surface area contributed by atoms with Gasteiger partial charge in [0.15, 0.2) is 0 Å². The van der Waals surface area contributed by atoms with Crippen molar-refractivity contribution in [3.63, 3.8) is 0 Å². The number of nitrogens with one attached hydrogen (secondary N) is 1. The van der Waals surface area contributed by atoms with Gasteiger partial charge in [-0.2, -0.15) is 0 Å². The van der Waals surface area contributed by atoms with E-state index in [1.54, 1.807) is 0 Å². The van der Waals surface area contributed by atoms with E-state index in [1.807, 2.05) is 0 Å². The van der Waals surface area contributed by atoms with Gasteiger partial charge in [0.1, 0.15) is 6.61 Å². The van der Waals surface area contributed by atoms with Crippen LogP contribution >= 0.6 is 0 Å². The number of amides is 1. The minimum absolute atomic E-state index is 0.0505. The molecule has 0 aromatic rings. The van der Waals surface area contributed by atoms with E-state index in [0.29, 0.717) is 18.5 Å². The van der Waals surface area contributed by atoms with E-state index in [-0.39, 0.29) is 18.6 Å². The fraction of sp³-hybridized carbons (Fsp3) is 0.933. The average Bonchev–Trinajstić information content (AvgIpc) is 2.72. The number of nitrogens with two attached hydrogens (primary N) is 1. The summed E-state index contributed by atoms with van der Waals surface area (Å²) in [5.41, 5.74) is 5.72. The molecule has 0 spiro atoms. The van der Waals surface area contributed by atoms with Crippen molar-refractivity contribution in [3.05, 3.63) is 0 Å². The van der Waals surface area contributed by atoms with Crippen LogP contribution in [0.3, 0.4) is 0 Å². The third-order valence-corrected chi connectivity index (χ3v) is 4.54. The lowest BCUT2D eigenvalue weighted by atomic mass is 10.1. The summed E-state index contributed by atoms with van der Waals surface area (Å²) in [6, 6.07) is 0.368. The summed E-state index contributed by atoms with van der Waals surface area (Å²) >= 11 is 0. The third-order valence-electron chi connectivity index (χ3n) is 4.54. The third kappa shape index (κ3) is 4.77. The summed E-state index contributed by atoms with van der Waals surface area (Å²) in [5.74, 6) is 0.500. The number of carbonyl (C=O) groups is 1. The van der Waals surface area contributed by atoms with Crippen molar-refractivity contribution in [3.8, 4) is 0 Å². The van der Waals surface area contributed by atoms with Gasteiger partial charge in [-0.3, -0.25) is 4.79 Å². The van der Waals surface area contributed by atoms with Crippen molar-refractivity contribution in [2.45, 2.75) is 69.9 Å². The maximum atomic E-state index is 11.9. The Labute approximate surface area is 116 Å². The summed E-state index contributed by atoms with van der Waals surface area (Å²) in [6.45, 7) is 0.882. The first kappa shape index (κ1) is 14.8. The van der Waals surface area contributed by atoms with Gasteiger partial charge in [0, 0.05) is 6.04 Å². The molecule has 2 saturated carbocycles. The first-order valence-electron chi connectivity index (χ1n) is 7.90. The first-order chi connectivity index (χ1) is 9.29. The minimum Gasteiger partial charge on any atom is -0.368 e. The van der Waals surface area contributed by atoms with E-state index in [2.05, 4.69) is 5.32 Å². The number of hydrogen-bond donors (Lipinski definition) is 2. The van der Waals surface area contributed by atoms with Crippen molar-refractivity contribution < 1.29 is 9.53 Å². The molecule has 0 saturated heterocycles. The van der Waals surface area contributed by atoms with Crippen LogP contribution in [-0.4, -0.2) is 31.2 Å². The lowest BCUT2D eigenvalue weighted by Gasteiger charge is -2.20. The SMILES string of the molecule is NCC1CCCC1OCC(=O)NC1CCCCCC1. The highest BCUT2D eigenvalue weighted by Gasteiger charge is 2.27. The van der Waals surface area contributed by atoms with Gasteiger partial charge in [-0.25, -0.2) is 0 Å². The van der Waals surface area contributed by atoms with Gasteiger partial charge in [-0.05, 0) is 38.1 Å². The molecule has 19 heavy (non-hydrogen) atoms. The van der Waals surface area contributed by atoms with Gasteiger partial charge in [-0.15, -0.1) is 0 Å². The number of ether oxygens (including phenoxy) is 1. The van der Waals surface area contributed by atoms with E-state index >= 15 is 0 Å². The van der Waals surface area contributed by atoms with Crippen molar-refractivity contribution in [2.75, 3.05) is 13.2 Å². The summed E-state index contributed by atoms with van der Waals surface area (Å²) in [4.78, 5) is 11.9. The van der Waals surface area contributed by atoms with Crippen LogP contribution in [0, 0.1) is 5.92 Å². The lowest BCUT2D eigenvalue weighted by Crippen LogP contribution is -2.38. The Morgan fingerprint density at radius 3 is 2.47 bits per heavy atom. The molecule has 0 radical (unpaired) electrons. The molecular formula is C15H28N2O2. The topological polar surface area (TPSA) is 64.3 Å². The average molecular weight is 268 g/mol. The van der Waals surface area contributed by atoms with Crippen LogP contribution in [0.4, 0.5) is 0 Å². The minimum atomic E-state index is 0.0505. The molecule has 3 N–H and O–H groups in total. The Hall–Kier alpha value is -0.610. The van der Waals surface area contributed by atoms with Crippen LogP contribution in [0.1, 0.15) is 57.8 Å². The summed E-state index contributed by atoms with van der Waals surface area (Å²) in [6.07, 6.45) is 10.9. The molecule has 2 rings (SSSR count). The Morgan fingerprint density at radius 1 is 1.05 bits per heavy atom. The zero-order valence-corrected chi connectivity index (χ0v) is 11.9. The maximum Gasteiger partial charge on any atom is 0.246 e. The molecule has 110 valence electrons. The summed E-state index contributed by atoms with van der Waals surface area (Å²) in [5, 5.41) is 3.12. The normalized spacial score (nSPS) is 29.1. The largest absolute Gasteiger partial charge is 0.368 e. The fourth-order valence-electron chi connectivity index (χ4n) is 3.37. The second kappa shape index (κ2) is 7.85. The van der Waals surface area contributed by atoms with Crippen molar-refractivity contribution in [1.82, 2.24) is 5.32 Å². The number of hydrogen-bond acceptors (Lipinski definition) is 3. The summed E-state index contributed by atoms with van der Waals surface area (Å²) in [7, 11) is 0. The van der Waals surface area contributed by atoms with Gasteiger partial charge in [0.2, 0.25) is 5.91 Å². The van der Waals surface area contributed by atoms with Gasteiger partial charge < -0.3 is 15.8 Å². The van der Waals surface area contributed by atoms with Gasteiger partial charge in [0.05, 0.1) is 6.10 Å². The zero-order valence-electron chi connectivity index (χ0n) is 11.9. The summed E-state index contributed by atoms with van der Waals surface area (Å²) < 4.78 is 5.75. The van der Waals surface area contributed by atoms with Crippen molar-refractivity contribution in [1.29, 1.82) is 0 Å². The fourth-order valence-corrected chi connectivity index (χ4v) is 3.37. The molecule has 2 unspecified atom stereocenters. The van der Waals surface area contributed by atoms with Crippen LogP contribution in [-0.2, 0) is 9.53 Å². The molecule has 4 heteroatoms. The Morgan fingerprint density at radius 2 is 1.79 bits per heavy atom. The van der Waals surface area contributed by atoms with Gasteiger partial charge in [0.25, 0.3) is 0 Å². The zero-order chi connectivity index (χ0) is 13.5. The molecule has 0 aromatic carbocycles. The Kier molecular flexibility index (Phi) is 6.11. The lowest BCUT2D eigenvalue weighted by molar-refractivity contribution is -0.129. The van der Waals surface area contributed by atoms with Crippen LogP contribution < -0.4 is 11.1 Å². The monoisotopic (exact) mass is 268 g/mol. The molecular weight excluding hydrogens is 240 g/mol. The molecule has 4 nitrogen and oxygen atoms in total. The molecule has 2 fully saturated rings. The molecule has 0 aliphatic heterocycles. The molecule has 0 heterocycles. The molecule has 2 aliphatic carbocycles. The number of carbonyl (C=O) groups excluding carboxylic acids is 1. The van der Waals surface area contributed by atoms with E-state index in [9.17, 15) is 4.79 Å². The standard InChI is InChI=1S/C15H28N2O2/c16-10-12-6-5-9-14(12)19-11-15(18)17-13-7-3-1-2-4-8-13/h12-14H,1-11,16H2,(H,17,18). The molecule has 0 aromatic heterocycles. The highest BCUT2D eigenvalue weighted by molar-refractivity contribution is 5.77. The van der Waals surface area contributed by atoms with Crippen LogP contribution in [0.25, 0.3) is 0 Å². The quantitative estimate of drug-likeness (QED) is 0.749. The van der Waals surface area contributed by atoms with Crippen LogP contribution in [0.15, 0.2) is 0 Å². The van der Waals surface area contributed by atoms with E-state index in [0.717, 1.165) is 25.7 Å². The first-order valence-corrected chi connectivity index (χ1v) is 7.90. The Bertz CT molecular complexity index is 275. The smallest absolute Gasteiger partial charge is 0.246 e. The molecule has 0 bridgehead atoms. The van der Waals surface area contributed by atoms with Crippen LogP contribution in [0.2, 0.25) is 0 Å². The molecule has 1 amide bonds. The second-order valence-electron chi connectivity index (χ2n) is 6.03. The Balaban J connectivity index is 1.66. The van der Waals surface area contributed by atoms with E-state index in [4.69, 9.17) is 10.5 Å². The van der Waals surface area contributed by atoms with Gasteiger partial charge in [-0.1, -0.05) is 32.1 Å². The van der Waals surface area contributed by atoms with E-state index < -0.39 is 0 Å². The predicted octanol–water partition coefficient (Wildman–Crippen LogP) is 1.97. The number of rotatable bonds is 5. The van der Waals surface area contributed by atoms with Crippen molar-refractivity contribution >= 4 is 5.91 Å². The maximum absolute atomic E-state index is 11.9. The highest BCUT2D eigenvalue weighted by atomic mass is 16.5. The van der Waals surface area contributed by atoms with Crippen LogP contribution in [0.5, 0.6) is 0 Å². The van der Waals surface area contributed by atoms with Crippen molar-refractivity contribution in [2.24, 2.45) is 11.7 Å². The second-order valence-corrected chi connectivity index (χ2v) is 6.03. The highest BCUT2D eigenvalue weighted by Crippen LogP contribution is 2.27. The molecule has 2 aliphatic rings. The predicted molar refractivity (Wildman–Crippen MR) is 75.8 cm³/mol. The van der Waals surface area contributed by atoms with Gasteiger partial charge >= 0.3 is 0 Å². The molecule has 2 atom stereocenters.